The molecule has 2 aromatic rings. The van der Waals surface area contributed by atoms with Crippen LogP contribution in [-0.2, 0) is 11.3 Å². The van der Waals surface area contributed by atoms with Gasteiger partial charge in [-0.15, -0.1) is 0 Å². The lowest BCUT2D eigenvalue weighted by molar-refractivity contribution is 0.0595. The van der Waals surface area contributed by atoms with E-state index in [1.54, 1.807) is 6.07 Å². The minimum Gasteiger partial charge on any atom is -0.486 e. The van der Waals surface area contributed by atoms with Crippen LogP contribution in [0, 0.1) is 6.92 Å². The molecule has 1 unspecified atom stereocenters. The quantitative estimate of drug-likeness (QED) is 0.635. The van der Waals surface area contributed by atoms with Gasteiger partial charge in [-0.25, -0.2) is 4.79 Å². The maximum atomic E-state index is 12.1. The number of methoxy groups -OCH3 is 1. The smallest absolute Gasteiger partial charge is 0.341 e. The first kappa shape index (κ1) is 18.8. The highest BCUT2D eigenvalue weighted by Gasteiger charge is 2.19. The number of nitrogens with one attached hydrogen (secondary N) is 1. The van der Waals surface area contributed by atoms with Crippen LogP contribution >= 0.6 is 0 Å². The number of carbonyl (C=O) groups excluding carboxylic acids is 1. The van der Waals surface area contributed by atoms with Crippen molar-refractivity contribution in [1.29, 1.82) is 0 Å². The highest BCUT2D eigenvalue weighted by molar-refractivity contribution is 5.95. The van der Waals surface area contributed by atoms with E-state index in [9.17, 15) is 9.90 Å². The summed E-state index contributed by atoms with van der Waals surface area (Å²) in [5.74, 6) is -0.149. The van der Waals surface area contributed by atoms with Crippen molar-refractivity contribution in [3.63, 3.8) is 0 Å². The van der Waals surface area contributed by atoms with Crippen molar-refractivity contribution in [3.05, 3.63) is 59.2 Å². The fraction of sp³-hybridized carbons (Fsp3) is 0.316. The number of rotatable bonds is 8. The molecule has 0 aliphatic rings. The average Bonchev–Trinajstić information content (AvgIpc) is 2.64. The van der Waals surface area contributed by atoms with Gasteiger partial charge < -0.3 is 25.0 Å². The van der Waals surface area contributed by atoms with Gasteiger partial charge in [0.25, 0.3) is 0 Å². The SMILES string of the molecule is COC(=O)c1cc(C)cc(NCC(O)CO)c1OCc1ccccc1. The van der Waals surface area contributed by atoms with Gasteiger partial charge in [0.1, 0.15) is 12.2 Å². The van der Waals surface area contributed by atoms with Crippen molar-refractivity contribution < 1.29 is 24.5 Å². The Morgan fingerprint density at radius 2 is 1.96 bits per heavy atom. The third kappa shape index (κ3) is 5.20. The summed E-state index contributed by atoms with van der Waals surface area (Å²) in [5, 5.41) is 21.6. The number of hydrogen-bond acceptors (Lipinski definition) is 6. The van der Waals surface area contributed by atoms with Crippen molar-refractivity contribution in [1.82, 2.24) is 0 Å². The van der Waals surface area contributed by atoms with Crippen LogP contribution in [0.2, 0.25) is 0 Å². The number of aryl methyl sites for hydroxylation is 1. The molecule has 0 aliphatic heterocycles. The highest BCUT2D eigenvalue weighted by atomic mass is 16.5. The van der Waals surface area contributed by atoms with E-state index in [0.29, 0.717) is 17.0 Å². The molecule has 0 saturated carbocycles. The third-order valence-electron chi connectivity index (χ3n) is 3.60. The monoisotopic (exact) mass is 345 g/mol. The van der Waals surface area contributed by atoms with Gasteiger partial charge in [0, 0.05) is 6.54 Å². The largest absolute Gasteiger partial charge is 0.486 e. The molecule has 0 bridgehead atoms. The maximum absolute atomic E-state index is 12.1. The summed E-state index contributed by atoms with van der Waals surface area (Å²) in [6.45, 7) is 1.90. The molecule has 0 fully saturated rings. The first-order valence-electron chi connectivity index (χ1n) is 7.97. The molecule has 134 valence electrons. The van der Waals surface area contributed by atoms with Gasteiger partial charge >= 0.3 is 5.97 Å². The fourth-order valence-electron chi connectivity index (χ4n) is 2.34. The molecular weight excluding hydrogens is 322 g/mol. The molecule has 0 heterocycles. The molecule has 0 spiro atoms. The molecule has 0 amide bonds. The van der Waals surface area contributed by atoms with Crippen LogP contribution in [-0.4, -0.2) is 42.5 Å². The number of aliphatic hydroxyl groups is 2. The van der Waals surface area contributed by atoms with Crippen LogP contribution in [0.25, 0.3) is 0 Å². The molecule has 0 aromatic heterocycles. The van der Waals surface area contributed by atoms with Gasteiger partial charge in [0.15, 0.2) is 5.75 Å². The lowest BCUT2D eigenvalue weighted by atomic mass is 10.1. The summed E-state index contributed by atoms with van der Waals surface area (Å²) >= 11 is 0. The van der Waals surface area contributed by atoms with Crippen LogP contribution in [0.3, 0.4) is 0 Å². The summed E-state index contributed by atoms with van der Waals surface area (Å²) in [7, 11) is 1.31. The van der Waals surface area contributed by atoms with Crippen molar-refractivity contribution in [3.8, 4) is 5.75 Å². The molecule has 25 heavy (non-hydrogen) atoms. The summed E-state index contributed by atoms with van der Waals surface area (Å²) in [6, 6.07) is 13.1. The van der Waals surface area contributed by atoms with Gasteiger partial charge in [0.05, 0.1) is 25.5 Å². The number of ether oxygens (including phenoxy) is 2. The second-order valence-electron chi connectivity index (χ2n) is 5.67. The number of esters is 1. The molecular formula is C19H23NO5. The van der Waals surface area contributed by atoms with Crippen LogP contribution < -0.4 is 10.1 Å². The second-order valence-corrected chi connectivity index (χ2v) is 5.67. The van der Waals surface area contributed by atoms with Gasteiger partial charge in [-0.05, 0) is 30.2 Å². The number of benzene rings is 2. The summed E-state index contributed by atoms with van der Waals surface area (Å²) in [4.78, 5) is 12.1. The first-order chi connectivity index (χ1) is 12.0. The van der Waals surface area contributed by atoms with Crippen molar-refractivity contribution in [2.45, 2.75) is 19.6 Å². The predicted molar refractivity (Wildman–Crippen MR) is 94.9 cm³/mol. The zero-order valence-corrected chi connectivity index (χ0v) is 14.4. The van der Waals surface area contributed by atoms with Gasteiger partial charge in [-0.1, -0.05) is 30.3 Å². The predicted octanol–water partition coefficient (Wildman–Crippen LogP) is 2.13. The Morgan fingerprint density at radius 1 is 1.24 bits per heavy atom. The molecule has 3 N–H and O–H groups in total. The first-order valence-corrected chi connectivity index (χ1v) is 7.97. The number of aliphatic hydroxyl groups excluding tert-OH is 2. The second kappa shape index (κ2) is 9.05. The van der Waals surface area contributed by atoms with Crippen LogP contribution in [0.15, 0.2) is 42.5 Å². The van der Waals surface area contributed by atoms with E-state index < -0.39 is 12.1 Å². The Kier molecular flexibility index (Phi) is 6.80. The van der Waals surface area contributed by atoms with Crippen LogP contribution in [0.1, 0.15) is 21.5 Å². The highest BCUT2D eigenvalue weighted by Crippen LogP contribution is 2.32. The Morgan fingerprint density at radius 3 is 2.60 bits per heavy atom. The molecule has 1 atom stereocenters. The number of hydrogen-bond donors (Lipinski definition) is 3. The standard InChI is InChI=1S/C19H23NO5/c1-13-8-16(19(23)24-2)18(17(9-13)20-10-15(22)11-21)25-12-14-6-4-3-5-7-14/h3-9,15,20-22H,10-12H2,1-2H3. The van der Waals surface area contributed by atoms with Gasteiger partial charge in [-0.3, -0.25) is 0 Å². The third-order valence-corrected chi connectivity index (χ3v) is 3.60. The molecule has 0 radical (unpaired) electrons. The lowest BCUT2D eigenvalue weighted by Crippen LogP contribution is -2.23. The van der Waals surface area contributed by atoms with Gasteiger partial charge in [0.2, 0.25) is 0 Å². The van der Waals surface area contributed by atoms with E-state index in [2.05, 4.69) is 5.32 Å². The van der Waals surface area contributed by atoms with E-state index in [1.807, 2.05) is 43.3 Å². The molecule has 2 rings (SSSR count). The summed E-state index contributed by atoms with van der Waals surface area (Å²) in [6.07, 6.45) is -0.913. The molecule has 2 aromatic carbocycles. The maximum Gasteiger partial charge on any atom is 0.341 e. The van der Waals surface area contributed by atoms with E-state index in [-0.39, 0.29) is 19.8 Å². The van der Waals surface area contributed by atoms with Crippen LogP contribution in [0.4, 0.5) is 5.69 Å². The van der Waals surface area contributed by atoms with Crippen LogP contribution in [0.5, 0.6) is 5.75 Å². The Hall–Kier alpha value is -2.57. The Bertz CT molecular complexity index is 702. The van der Waals surface area contributed by atoms with E-state index in [4.69, 9.17) is 14.6 Å². The van der Waals surface area contributed by atoms with E-state index in [1.165, 1.54) is 7.11 Å². The number of anilines is 1. The number of carbonyl (C=O) groups is 1. The molecule has 6 heteroatoms. The molecule has 0 saturated heterocycles. The molecule has 0 aliphatic carbocycles. The summed E-state index contributed by atoms with van der Waals surface area (Å²) in [5.41, 5.74) is 2.66. The average molecular weight is 345 g/mol. The normalized spacial score (nSPS) is 11.7. The van der Waals surface area contributed by atoms with Crippen molar-refractivity contribution in [2.75, 3.05) is 25.6 Å². The van der Waals surface area contributed by atoms with Crippen molar-refractivity contribution >= 4 is 11.7 Å². The van der Waals surface area contributed by atoms with E-state index >= 15 is 0 Å². The topological polar surface area (TPSA) is 88.0 Å². The minimum absolute atomic E-state index is 0.127. The summed E-state index contributed by atoms with van der Waals surface area (Å²) < 4.78 is 10.7. The van der Waals surface area contributed by atoms with Crippen molar-refractivity contribution in [2.24, 2.45) is 0 Å². The van der Waals surface area contributed by atoms with E-state index in [0.717, 1.165) is 11.1 Å². The van der Waals surface area contributed by atoms with Gasteiger partial charge in [-0.2, -0.15) is 0 Å². The Balaban J connectivity index is 2.32. The zero-order chi connectivity index (χ0) is 18.2. The molecule has 6 nitrogen and oxygen atoms in total. The zero-order valence-electron chi connectivity index (χ0n) is 14.4. The fourth-order valence-corrected chi connectivity index (χ4v) is 2.34. The Labute approximate surface area is 147 Å². The minimum atomic E-state index is -0.913. The lowest BCUT2D eigenvalue weighted by Gasteiger charge is -2.18.